The van der Waals surface area contributed by atoms with E-state index in [-0.39, 0.29) is 23.4 Å². The third-order valence-electron chi connectivity index (χ3n) is 7.72. The van der Waals surface area contributed by atoms with Gasteiger partial charge in [0.25, 0.3) is 11.8 Å². The van der Waals surface area contributed by atoms with Gasteiger partial charge in [-0.05, 0) is 73.1 Å². The molecule has 0 bridgehead atoms. The number of fused-ring (bicyclic) bond motifs is 1. The summed E-state index contributed by atoms with van der Waals surface area (Å²) in [4.78, 5) is 39.8. The highest BCUT2D eigenvalue weighted by Gasteiger charge is 2.27. The number of ketones is 1. The molecule has 1 aliphatic carbocycles. The van der Waals surface area contributed by atoms with Gasteiger partial charge in [0, 0.05) is 36.3 Å². The van der Waals surface area contributed by atoms with Gasteiger partial charge in [0.05, 0.1) is 19.8 Å². The van der Waals surface area contributed by atoms with Crippen molar-refractivity contribution in [3.8, 4) is 11.5 Å². The quantitative estimate of drug-likeness (QED) is 0.423. The molecule has 0 unspecified atom stereocenters. The van der Waals surface area contributed by atoms with Crippen molar-refractivity contribution < 1.29 is 32.6 Å². The Labute approximate surface area is 231 Å². The number of rotatable bonds is 6. The minimum atomic E-state index is -1.11. The van der Waals surface area contributed by atoms with Crippen molar-refractivity contribution in [1.29, 1.82) is 0 Å². The predicted molar refractivity (Wildman–Crippen MR) is 145 cm³/mol. The van der Waals surface area contributed by atoms with Crippen LogP contribution in [0.1, 0.15) is 73.8 Å². The van der Waals surface area contributed by atoms with E-state index in [0.717, 1.165) is 55.5 Å². The largest absolute Gasteiger partial charge is 0.494 e. The standard InChI is InChI=1S/C31H30F2N2O5/c1-39-26-17-24(27(32)29(40-2)28(26)33)30(37)34-22-9-6-18(7-10-22)19-12-14-35(15-13-19)31(38)21-8-11-23-20(16-21)4-3-5-25(23)36/h6-11,16-17,19H,3-5,12-15H2,1-2H3,(H,34,37). The van der Waals surface area contributed by atoms with Crippen molar-refractivity contribution in [2.24, 2.45) is 0 Å². The van der Waals surface area contributed by atoms with Gasteiger partial charge in [0.15, 0.2) is 23.1 Å². The maximum atomic E-state index is 14.7. The van der Waals surface area contributed by atoms with Crippen molar-refractivity contribution in [3.05, 3.63) is 88.0 Å². The highest BCUT2D eigenvalue weighted by atomic mass is 19.1. The SMILES string of the molecule is COc1cc(C(=O)Nc2ccc(C3CCN(C(=O)c4ccc5c(c4)CCCC5=O)CC3)cc2)c(F)c(OC)c1F. The van der Waals surface area contributed by atoms with Crippen molar-refractivity contribution >= 4 is 23.3 Å². The smallest absolute Gasteiger partial charge is 0.258 e. The maximum Gasteiger partial charge on any atom is 0.258 e. The molecule has 0 saturated carbocycles. The molecule has 9 heteroatoms. The number of nitrogens with zero attached hydrogens (tertiary/aromatic N) is 1. The van der Waals surface area contributed by atoms with Crippen LogP contribution in [0.5, 0.6) is 11.5 Å². The van der Waals surface area contributed by atoms with Gasteiger partial charge < -0.3 is 19.7 Å². The predicted octanol–water partition coefficient (Wildman–Crippen LogP) is 5.77. The number of piperidine rings is 1. The second kappa shape index (κ2) is 11.5. The zero-order valence-electron chi connectivity index (χ0n) is 22.4. The number of ether oxygens (including phenoxy) is 2. The van der Waals surface area contributed by atoms with E-state index in [4.69, 9.17) is 9.47 Å². The monoisotopic (exact) mass is 548 g/mol. The van der Waals surface area contributed by atoms with E-state index in [1.807, 2.05) is 23.1 Å². The fourth-order valence-corrected chi connectivity index (χ4v) is 5.50. The summed E-state index contributed by atoms with van der Waals surface area (Å²) in [5, 5.41) is 2.63. The summed E-state index contributed by atoms with van der Waals surface area (Å²) >= 11 is 0. The van der Waals surface area contributed by atoms with Gasteiger partial charge in [0.2, 0.25) is 5.82 Å². The lowest BCUT2D eigenvalue weighted by atomic mass is 9.88. The molecule has 208 valence electrons. The summed E-state index contributed by atoms with van der Waals surface area (Å²) in [6.45, 7) is 1.23. The third-order valence-corrected chi connectivity index (χ3v) is 7.72. The molecule has 3 aromatic rings. The van der Waals surface area contributed by atoms with E-state index in [2.05, 4.69) is 5.32 Å². The summed E-state index contributed by atoms with van der Waals surface area (Å²) in [6.07, 6.45) is 3.80. The van der Waals surface area contributed by atoms with Crippen molar-refractivity contribution in [2.45, 2.75) is 38.0 Å². The molecular formula is C31H30F2N2O5. The lowest BCUT2D eigenvalue weighted by Crippen LogP contribution is -2.38. The zero-order chi connectivity index (χ0) is 28.4. The fourth-order valence-electron chi connectivity index (χ4n) is 5.50. The number of hydrogen-bond acceptors (Lipinski definition) is 5. The van der Waals surface area contributed by atoms with Crippen molar-refractivity contribution in [1.82, 2.24) is 4.90 Å². The van der Waals surface area contributed by atoms with Crippen LogP contribution in [0.15, 0.2) is 48.5 Å². The van der Waals surface area contributed by atoms with Crippen molar-refractivity contribution in [2.75, 3.05) is 32.6 Å². The van der Waals surface area contributed by atoms with E-state index in [1.54, 1.807) is 24.3 Å². The summed E-state index contributed by atoms with van der Waals surface area (Å²) in [5.74, 6) is -3.50. The van der Waals surface area contributed by atoms with E-state index in [1.165, 1.54) is 7.11 Å². The average Bonchev–Trinajstić information content (AvgIpc) is 2.97. The Hall–Kier alpha value is -4.27. The molecule has 1 saturated heterocycles. The summed E-state index contributed by atoms with van der Waals surface area (Å²) in [5.41, 5.74) is 3.46. The van der Waals surface area contributed by atoms with Gasteiger partial charge in [-0.25, -0.2) is 4.39 Å². The molecule has 1 heterocycles. The summed E-state index contributed by atoms with van der Waals surface area (Å²) in [6, 6.07) is 13.7. The lowest BCUT2D eigenvalue weighted by Gasteiger charge is -2.32. The molecule has 0 atom stereocenters. The van der Waals surface area contributed by atoms with Crippen LogP contribution in [0, 0.1) is 11.6 Å². The van der Waals surface area contributed by atoms with Crippen LogP contribution in [0.3, 0.4) is 0 Å². The molecule has 5 rings (SSSR count). The van der Waals surface area contributed by atoms with Gasteiger partial charge >= 0.3 is 0 Å². The average molecular weight is 549 g/mol. The molecule has 0 spiro atoms. The minimum Gasteiger partial charge on any atom is -0.494 e. The van der Waals surface area contributed by atoms with Gasteiger partial charge in [-0.1, -0.05) is 18.2 Å². The molecule has 0 aromatic heterocycles. The Balaban J connectivity index is 1.20. The second-order valence-corrected chi connectivity index (χ2v) is 10.1. The van der Waals surface area contributed by atoms with E-state index in [0.29, 0.717) is 30.8 Å². The highest BCUT2D eigenvalue weighted by Crippen LogP contribution is 2.33. The van der Waals surface area contributed by atoms with Gasteiger partial charge in [-0.2, -0.15) is 4.39 Å². The van der Waals surface area contributed by atoms with Crippen LogP contribution in [0.25, 0.3) is 0 Å². The maximum absolute atomic E-state index is 14.7. The first-order chi connectivity index (χ1) is 19.3. The molecule has 40 heavy (non-hydrogen) atoms. The van der Waals surface area contributed by atoms with Gasteiger partial charge in [0.1, 0.15) is 0 Å². The molecule has 2 amide bonds. The van der Waals surface area contributed by atoms with Crippen LogP contribution in [-0.2, 0) is 6.42 Å². The molecule has 1 aliphatic heterocycles. The first-order valence-corrected chi connectivity index (χ1v) is 13.3. The van der Waals surface area contributed by atoms with E-state index < -0.39 is 28.9 Å². The van der Waals surface area contributed by atoms with Crippen LogP contribution in [0.4, 0.5) is 14.5 Å². The Kier molecular flexibility index (Phi) is 7.82. The minimum absolute atomic E-state index is 0.0152. The number of likely N-dealkylation sites (tertiary alicyclic amines) is 1. The lowest BCUT2D eigenvalue weighted by molar-refractivity contribution is 0.0712. The number of amides is 2. The molecule has 7 nitrogen and oxygen atoms in total. The molecular weight excluding hydrogens is 518 g/mol. The molecule has 1 fully saturated rings. The van der Waals surface area contributed by atoms with Crippen LogP contribution < -0.4 is 14.8 Å². The zero-order valence-corrected chi connectivity index (χ0v) is 22.4. The van der Waals surface area contributed by atoms with Crippen molar-refractivity contribution in [3.63, 3.8) is 0 Å². The number of aryl methyl sites for hydroxylation is 1. The highest BCUT2D eigenvalue weighted by molar-refractivity contribution is 6.05. The Morgan fingerprint density at radius 1 is 0.925 bits per heavy atom. The Morgan fingerprint density at radius 2 is 1.65 bits per heavy atom. The number of benzene rings is 3. The first-order valence-electron chi connectivity index (χ1n) is 13.3. The molecule has 1 N–H and O–H groups in total. The summed E-state index contributed by atoms with van der Waals surface area (Å²) in [7, 11) is 2.33. The van der Waals surface area contributed by atoms with E-state index >= 15 is 0 Å². The third kappa shape index (κ3) is 5.28. The topological polar surface area (TPSA) is 84.9 Å². The fraction of sp³-hybridized carbons (Fsp3) is 0.323. The second-order valence-electron chi connectivity index (χ2n) is 10.1. The number of hydrogen-bond donors (Lipinski definition) is 1. The number of nitrogens with one attached hydrogen (secondary N) is 1. The number of Topliss-reactive ketones (excluding diaryl/α,β-unsaturated/α-hetero) is 1. The van der Waals surface area contributed by atoms with Crippen LogP contribution in [-0.4, -0.2) is 49.8 Å². The first kappa shape index (κ1) is 27.3. The normalized spacial score (nSPS) is 15.4. The number of methoxy groups -OCH3 is 2. The van der Waals surface area contributed by atoms with E-state index in [9.17, 15) is 23.2 Å². The Bertz CT molecular complexity index is 1460. The molecule has 2 aliphatic rings. The van der Waals surface area contributed by atoms with Gasteiger partial charge in [-0.15, -0.1) is 0 Å². The number of halogens is 2. The molecule has 3 aromatic carbocycles. The molecule has 0 radical (unpaired) electrons. The van der Waals surface area contributed by atoms with Crippen LogP contribution >= 0.6 is 0 Å². The summed E-state index contributed by atoms with van der Waals surface area (Å²) < 4.78 is 38.5. The Morgan fingerprint density at radius 3 is 2.33 bits per heavy atom. The number of anilines is 1. The van der Waals surface area contributed by atoms with Crippen LogP contribution in [0.2, 0.25) is 0 Å². The number of carbonyl (C=O) groups excluding carboxylic acids is 3. The number of carbonyl (C=O) groups is 3. The van der Waals surface area contributed by atoms with Gasteiger partial charge in [-0.3, -0.25) is 14.4 Å².